The summed E-state index contributed by atoms with van der Waals surface area (Å²) >= 11 is 0. The molecule has 5 heteroatoms. The molecule has 0 bridgehead atoms. The number of esters is 1. The highest BCUT2D eigenvalue weighted by Gasteiger charge is 2.17. The number of hydrogen-bond acceptors (Lipinski definition) is 4. The van der Waals surface area contributed by atoms with Crippen molar-refractivity contribution >= 4 is 11.7 Å². The van der Waals surface area contributed by atoms with Crippen molar-refractivity contribution in [3.63, 3.8) is 0 Å². The largest absolute Gasteiger partial charge is 0.463 e. The first-order chi connectivity index (χ1) is 9.65. The molecule has 0 spiro atoms. The van der Waals surface area contributed by atoms with Crippen LogP contribution in [0.25, 0.3) is 0 Å². The maximum absolute atomic E-state index is 13.0. The zero-order valence-electron chi connectivity index (χ0n) is 11.4. The van der Waals surface area contributed by atoms with E-state index in [4.69, 9.17) is 4.42 Å². The molecule has 0 aliphatic heterocycles. The lowest BCUT2D eigenvalue weighted by atomic mass is 10.2. The third kappa shape index (κ3) is 2.99. The van der Waals surface area contributed by atoms with Crippen molar-refractivity contribution < 1.29 is 18.3 Å². The smallest absolute Gasteiger partial charge is 0.374 e. The molecular weight excluding hydrogens is 261 g/mol. The van der Waals surface area contributed by atoms with Crippen LogP contribution in [0.4, 0.5) is 10.1 Å². The minimum absolute atomic E-state index is 0.202. The lowest BCUT2D eigenvalue weighted by Crippen LogP contribution is -2.22. The van der Waals surface area contributed by atoms with Gasteiger partial charge in [0.25, 0.3) is 0 Å². The van der Waals surface area contributed by atoms with E-state index in [1.165, 1.54) is 25.5 Å². The van der Waals surface area contributed by atoms with Crippen LogP contribution < -0.4 is 4.90 Å². The lowest BCUT2D eigenvalue weighted by Gasteiger charge is -2.22. The van der Waals surface area contributed by atoms with Crippen LogP contribution in [0, 0.1) is 5.82 Å². The first-order valence-corrected chi connectivity index (χ1v) is 6.31. The van der Waals surface area contributed by atoms with E-state index in [-0.39, 0.29) is 11.6 Å². The highest BCUT2D eigenvalue weighted by Crippen LogP contribution is 2.20. The zero-order chi connectivity index (χ0) is 14.5. The van der Waals surface area contributed by atoms with Crippen LogP contribution in [0.1, 0.15) is 23.0 Å². The Morgan fingerprint density at radius 3 is 2.60 bits per heavy atom. The number of carbonyl (C=O) groups is 1. The van der Waals surface area contributed by atoms with Crippen LogP contribution in [0.5, 0.6) is 0 Å². The Kier molecular flexibility index (Phi) is 4.40. The number of halogens is 1. The van der Waals surface area contributed by atoms with E-state index in [1.54, 1.807) is 18.2 Å². The molecule has 1 aromatic carbocycles. The number of ether oxygens (including phenoxy) is 1. The molecule has 0 amide bonds. The van der Waals surface area contributed by atoms with Gasteiger partial charge in [-0.05, 0) is 37.3 Å². The SMILES string of the molecule is CCN(Cc1ccoc1C(=O)OC)c1ccc(F)cc1. The van der Waals surface area contributed by atoms with Gasteiger partial charge in [-0.2, -0.15) is 0 Å². The predicted octanol–water partition coefficient (Wildman–Crippen LogP) is 3.23. The Balaban J connectivity index is 2.20. The monoisotopic (exact) mass is 277 g/mol. The maximum atomic E-state index is 13.0. The summed E-state index contributed by atoms with van der Waals surface area (Å²) in [7, 11) is 1.31. The van der Waals surface area contributed by atoms with Gasteiger partial charge in [0.1, 0.15) is 5.82 Å². The number of hydrogen-bond donors (Lipinski definition) is 0. The number of methoxy groups -OCH3 is 1. The average Bonchev–Trinajstić information content (AvgIpc) is 2.93. The first kappa shape index (κ1) is 14.1. The van der Waals surface area contributed by atoms with Gasteiger partial charge in [-0.25, -0.2) is 9.18 Å². The molecule has 0 aliphatic carbocycles. The van der Waals surface area contributed by atoms with E-state index in [9.17, 15) is 9.18 Å². The average molecular weight is 277 g/mol. The number of carbonyl (C=O) groups excluding carboxylic acids is 1. The van der Waals surface area contributed by atoms with Crippen molar-refractivity contribution in [3.05, 3.63) is 53.7 Å². The van der Waals surface area contributed by atoms with E-state index in [0.29, 0.717) is 6.54 Å². The first-order valence-electron chi connectivity index (χ1n) is 6.31. The Morgan fingerprint density at radius 2 is 2.00 bits per heavy atom. The van der Waals surface area contributed by atoms with Crippen LogP contribution in [0.3, 0.4) is 0 Å². The van der Waals surface area contributed by atoms with Crippen LogP contribution in [0.2, 0.25) is 0 Å². The van der Waals surface area contributed by atoms with Crippen molar-refractivity contribution in [2.24, 2.45) is 0 Å². The minimum Gasteiger partial charge on any atom is -0.463 e. The number of furan rings is 1. The number of anilines is 1. The molecule has 0 unspecified atom stereocenters. The number of rotatable bonds is 5. The van der Waals surface area contributed by atoms with E-state index in [2.05, 4.69) is 4.74 Å². The van der Waals surface area contributed by atoms with Crippen molar-refractivity contribution in [3.8, 4) is 0 Å². The third-order valence-electron chi connectivity index (χ3n) is 3.05. The maximum Gasteiger partial charge on any atom is 0.374 e. The fraction of sp³-hybridized carbons (Fsp3) is 0.267. The molecule has 0 fully saturated rings. The molecule has 4 nitrogen and oxygen atoms in total. The molecule has 0 radical (unpaired) electrons. The summed E-state index contributed by atoms with van der Waals surface area (Å²) in [6.45, 7) is 3.20. The second-order valence-electron chi connectivity index (χ2n) is 4.26. The number of nitrogens with zero attached hydrogens (tertiary/aromatic N) is 1. The van der Waals surface area contributed by atoms with Gasteiger partial charge in [0, 0.05) is 24.3 Å². The van der Waals surface area contributed by atoms with Crippen molar-refractivity contribution in [1.82, 2.24) is 0 Å². The molecule has 1 aromatic heterocycles. The summed E-state index contributed by atoms with van der Waals surface area (Å²) in [5.41, 5.74) is 1.62. The van der Waals surface area contributed by atoms with Gasteiger partial charge >= 0.3 is 5.97 Å². The molecule has 0 saturated carbocycles. The Morgan fingerprint density at radius 1 is 1.30 bits per heavy atom. The highest BCUT2D eigenvalue weighted by molar-refractivity contribution is 5.87. The minimum atomic E-state index is -0.500. The molecule has 2 rings (SSSR count). The Hall–Kier alpha value is -2.30. The van der Waals surface area contributed by atoms with Gasteiger partial charge < -0.3 is 14.1 Å². The van der Waals surface area contributed by atoms with Crippen LogP contribution >= 0.6 is 0 Å². The standard InChI is InChI=1S/C15H16FNO3/c1-3-17(13-6-4-12(16)5-7-13)10-11-8-9-20-14(11)15(18)19-2/h4-9H,3,10H2,1-2H3. The zero-order valence-corrected chi connectivity index (χ0v) is 11.4. The Labute approximate surface area is 116 Å². The van der Waals surface area contributed by atoms with Crippen LogP contribution in [-0.4, -0.2) is 19.6 Å². The molecule has 0 saturated heterocycles. The van der Waals surface area contributed by atoms with Crippen LogP contribution in [0.15, 0.2) is 41.0 Å². The highest BCUT2D eigenvalue weighted by atomic mass is 19.1. The van der Waals surface area contributed by atoms with Crippen molar-refractivity contribution in [2.75, 3.05) is 18.6 Å². The molecule has 0 atom stereocenters. The molecule has 1 heterocycles. The van der Waals surface area contributed by atoms with Gasteiger partial charge in [0.15, 0.2) is 0 Å². The summed E-state index contributed by atoms with van der Waals surface area (Å²) < 4.78 is 22.8. The second-order valence-corrected chi connectivity index (χ2v) is 4.26. The fourth-order valence-electron chi connectivity index (χ4n) is 1.98. The summed E-state index contributed by atoms with van der Waals surface area (Å²) in [5.74, 6) is -0.573. The van der Waals surface area contributed by atoms with E-state index >= 15 is 0 Å². The predicted molar refractivity (Wildman–Crippen MR) is 73.2 cm³/mol. The van der Waals surface area contributed by atoms with E-state index in [0.717, 1.165) is 17.8 Å². The normalized spacial score (nSPS) is 10.3. The third-order valence-corrected chi connectivity index (χ3v) is 3.05. The fourth-order valence-corrected chi connectivity index (χ4v) is 1.98. The molecule has 20 heavy (non-hydrogen) atoms. The summed E-state index contributed by atoms with van der Waals surface area (Å²) in [6.07, 6.45) is 1.46. The quantitative estimate of drug-likeness (QED) is 0.787. The second kappa shape index (κ2) is 6.23. The van der Waals surface area contributed by atoms with Crippen LogP contribution in [-0.2, 0) is 11.3 Å². The van der Waals surface area contributed by atoms with E-state index < -0.39 is 5.97 Å². The van der Waals surface area contributed by atoms with Gasteiger partial charge in [-0.3, -0.25) is 0 Å². The lowest BCUT2D eigenvalue weighted by molar-refractivity contribution is 0.0563. The molecular formula is C15H16FNO3. The van der Waals surface area contributed by atoms with Crippen molar-refractivity contribution in [2.45, 2.75) is 13.5 Å². The molecule has 106 valence electrons. The van der Waals surface area contributed by atoms with Crippen molar-refractivity contribution in [1.29, 1.82) is 0 Å². The van der Waals surface area contributed by atoms with Gasteiger partial charge in [-0.1, -0.05) is 0 Å². The Bertz CT molecular complexity index is 577. The summed E-state index contributed by atoms with van der Waals surface area (Å²) in [6, 6.07) is 7.97. The number of benzene rings is 1. The van der Waals surface area contributed by atoms with Gasteiger partial charge in [0.2, 0.25) is 5.76 Å². The molecule has 0 N–H and O–H groups in total. The summed E-state index contributed by atoms with van der Waals surface area (Å²) in [5, 5.41) is 0. The van der Waals surface area contributed by atoms with Gasteiger partial charge in [-0.15, -0.1) is 0 Å². The molecule has 0 aliphatic rings. The van der Waals surface area contributed by atoms with E-state index in [1.807, 2.05) is 11.8 Å². The molecule has 2 aromatic rings. The topological polar surface area (TPSA) is 42.7 Å². The van der Waals surface area contributed by atoms with Gasteiger partial charge in [0.05, 0.1) is 13.4 Å². The summed E-state index contributed by atoms with van der Waals surface area (Å²) in [4.78, 5) is 13.6.